The monoisotopic (exact) mass is 190 g/mol. The molecule has 3 heteroatoms. The molecule has 2 atom stereocenters. The smallest absolute Gasteiger partial charge is 0.229 e. The van der Waals surface area contributed by atoms with Gasteiger partial charge >= 0.3 is 0 Å². The predicted molar refractivity (Wildman–Crippen MR) is 55.9 cm³/mol. The van der Waals surface area contributed by atoms with E-state index in [1.165, 1.54) is 0 Å². The van der Waals surface area contributed by atoms with Gasteiger partial charge in [-0.3, -0.25) is 4.79 Å². The topological polar surface area (TPSA) is 55.1 Å². The number of carbonyl (C=O) groups excluding carboxylic acids is 1. The summed E-state index contributed by atoms with van der Waals surface area (Å²) >= 11 is 0. The molecule has 1 aliphatic rings. The Balaban J connectivity index is 2.04. The van der Waals surface area contributed by atoms with Crippen molar-refractivity contribution in [3.8, 4) is 0 Å². The standard InChI is InChI=1S/C11H14N2O/c1-7-4-2-3-5-10(7)13-11(14)8-6-9(8)12/h2-5,8-9H,6,12H2,1H3,(H,13,14). The molecule has 0 aliphatic heterocycles. The molecule has 3 N–H and O–H groups in total. The fourth-order valence-corrected chi connectivity index (χ4v) is 1.45. The molecular formula is C11H14N2O. The summed E-state index contributed by atoms with van der Waals surface area (Å²) in [6.07, 6.45) is 0.817. The van der Waals surface area contributed by atoms with Gasteiger partial charge in [0.05, 0.1) is 5.92 Å². The quantitative estimate of drug-likeness (QED) is 0.738. The van der Waals surface area contributed by atoms with Crippen molar-refractivity contribution in [1.29, 1.82) is 0 Å². The van der Waals surface area contributed by atoms with Gasteiger partial charge in [-0.2, -0.15) is 0 Å². The number of para-hydroxylation sites is 1. The lowest BCUT2D eigenvalue weighted by molar-refractivity contribution is -0.117. The third kappa shape index (κ3) is 1.77. The molecule has 1 amide bonds. The lowest BCUT2D eigenvalue weighted by atomic mass is 10.2. The summed E-state index contributed by atoms with van der Waals surface area (Å²) < 4.78 is 0. The summed E-state index contributed by atoms with van der Waals surface area (Å²) in [6.45, 7) is 1.97. The molecule has 0 saturated heterocycles. The Morgan fingerprint density at radius 3 is 2.71 bits per heavy atom. The second kappa shape index (κ2) is 3.42. The number of anilines is 1. The van der Waals surface area contributed by atoms with Gasteiger partial charge < -0.3 is 11.1 Å². The van der Waals surface area contributed by atoms with E-state index in [1.54, 1.807) is 0 Å². The Morgan fingerprint density at radius 2 is 2.14 bits per heavy atom. The molecule has 1 aromatic carbocycles. The molecule has 0 bridgehead atoms. The maximum Gasteiger partial charge on any atom is 0.229 e. The van der Waals surface area contributed by atoms with Crippen molar-refractivity contribution in [2.75, 3.05) is 5.32 Å². The lowest BCUT2D eigenvalue weighted by Gasteiger charge is -2.06. The van der Waals surface area contributed by atoms with Crippen LogP contribution in [0.1, 0.15) is 12.0 Å². The van der Waals surface area contributed by atoms with Crippen LogP contribution in [0, 0.1) is 12.8 Å². The summed E-state index contributed by atoms with van der Waals surface area (Å²) in [7, 11) is 0. The van der Waals surface area contributed by atoms with Crippen molar-refractivity contribution in [2.45, 2.75) is 19.4 Å². The van der Waals surface area contributed by atoms with Gasteiger partial charge in [0, 0.05) is 11.7 Å². The first-order chi connectivity index (χ1) is 6.68. The van der Waals surface area contributed by atoms with Crippen LogP contribution in [-0.2, 0) is 4.79 Å². The zero-order valence-corrected chi connectivity index (χ0v) is 8.16. The first kappa shape index (κ1) is 9.21. The zero-order valence-electron chi connectivity index (χ0n) is 8.16. The lowest BCUT2D eigenvalue weighted by Crippen LogP contribution is -2.18. The van der Waals surface area contributed by atoms with E-state index < -0.39 is 0 Å². The average Bonchev–Trinajstić information content (AvgIpc) is 2.87. The van der Waals surface area contributed by atoms with Crippen molar-refractivity contribution in [2.24, 2.45) is 11.7 Å². The Hall–Kier alpha value is -1.35. The molecule has 0 radical (unpaired) electrons. The highest BCUT2D eigenvalue weighted by Gasteiger charge is 2.39. The van der Waals surface area contributed by atoms with Gasteiger partial charge in [-0.05, 0) is 25.0 Å². The van der Waals surface area contributed by atoms with Gasteiger partial charge in [0.1, 0.15) is 0 Å². The van der Waals surface area contributed by atoms with Crippen LogP contribution in [-0.4, -0.2) is 11.9 Å². The molecule has 14 heavy (non-hydrogen) atoms. The molecule has 1 aromatic rings. The van der Waals surface area contributed by atoms with Crippen LogP contribution in [0.25, 0.3) is 0 Å². The largest absolute Gasteiger partial charge is 0.327 e. The minimum Gasteiger partial charge on any atom is -0.327 e. The molecule has 0 heterocycles. The van der Waals surface area contributed by atoms with Crippen LogP contribution >= 0.6 is 0 Å². The predicted octanol–water partition coefficient (Wildman–Crippen LogP) is 1.28. The Kier molecular flexibility index (Phi) is 2.25. The molecule has 1 saturated carbocycles. The van der Waals surface area contributed by atoms with Crippen LogP contribution in [0.3, 0.4) is 0 Å². The van der Waals surface area contributed by atoms with Gasteiger partial charge in [-0.1, -0.05) is 18.2 Å². The number of aryl methyl sites for hydroxylation is 1. The van der Waals surface area contributed by atoms with Crippen LogP contribution in [0.15, 0.2) is 24.3 Å². The number of nitrogens with two attached hydrogens (primary N) is 1. The normalized spacial score (nSPS) is 24.4. The maximum absolute atomic E-state index is 11.5. The van der Waals surface area contributed by atoms with Crippen LogP contribution in [0.4, 0.5) is 5.69 Å². The Morgan fingerprint density at radius 1 is 1.50 bits per heavy atom. The molecule has 74 valence electrons. The first-order valence-electron chi connectivity index (χ1n) is 4.80. The third-order valence-corrected chi connectivity index (χ3v) is 2.58. The van der Waals surface area contributed by atoms with E-state index in [2.05, 4.69) is 5.32 Å². The fraction of sp³-hybridized carbons (Fsp3) is 0.364. The van der Waals surface area contributed by atoms with Crippen molar-refractivity contribution in [3.05, 3.63) is 29.8 Å². The molecule has 3 nitrogen and oxygen atoms in total. The number of carbonyl (C=O) groups is 1. The highest BCUT2D eigenvalue weighted by atomic mass is 16.2. The summed E-state index contributed by atoms with van der Waals surface area (Å²) in [6, 6.07) is 7.81. The molecule has 1 fully saturated rings. The third-order valence-electron chi connectivity index (χ3n) is 2.58. The van der Waals surface area contributed by atoms with Crippen molar-refractivity contribution in [1.82, 2.24) is 0 Å². The maximum atomic E-state index is 11.5. The number of hydrogen-bond donors (Lipinski definition) is 2. The second-order valence-corrected chi connectivity index (χ2v) is 3.81. The Bertz CT molecular complexity index is 362. The second-order valence-electron chi connectivity index (χ2n) is 3.81. The number of rotatable bonds is 2. The first-order valence-corrected chi connectivity index (χ1v) is 4.80. The van der Waals surface area contributed by atoms with E-state index >= 15 is 0 Å². The highest BCUT2D eigenvalue weighted by Crippen LogP contribution is 2.29. The van der Waals surface area contributed by atoms with Crippen LogP contribution in [0.5, 0.6) is 0 Å². The van der Waals surface area contributed by atoms with Gasteiger partial charge in [0.15, 0.2) is 0 Å². The van der Waals surface area contributed by atoms with E-state index in [0.717, 1.165) is 17.7 Å². The molecule has 2 unspecified atom stereocenters. The molecular weight excluding hydrogens is 176 g/mol. The number of amides is 1. The van der Waals surface area contributed by atoms with Crippen molar-refractivity contribution in [3.63, 3.8) is 0 Å². The SMILES string of the molecule is Cc1ccccc1NC(=O)C1CC1N. The highest BCUT2D eigenvalue weighted by molar-refractivity contribution is 5.95. The van der Waals surface area contributed by atoms with Crippen molar-refractivity contribution >= 4 is 11.6 Å². The number of benzene rings is 1. The van der Waals surface area contributed by atoms with E-state index in [1.807, 2.05) is 31.2 Å². The van der Waals surface area contributed by atoms with Gasteiger partial charge in [-0.25, -0.2) is 0 Å². The molecule has 0 aromatic heterocycles. The van der Waals surface area contributed by atoms with E-state index in [0.29, 0.717) is 0 Å². The van der Waals surface area contributed by atoms with E-state index in [9.17, 15) is 4.79 Å². The summed E-state index contributed by atoms with van der Waals surface area (Å²) in [5.41, 5.74) is 7.56. The summed E-state index contributed by atoms with van der Waals surface area (Å²) in [5.74, 6) is 0.0707. The van der Waals surface area contributed by atoms with Gasteiger partial charge in [-0.15, -0.1) is 0 Å². The molecule has 1 aliphatic carbocycles. The van der Waals surface area contributed by atoms with Crippen LogP contribution in [0.2, 0.25) is 0 Å². The molecule has 0 spiro atoms. The number of hydrogen-bond acceptors (Lipinski definition) is 2. The van der Waals surface area contributed by atoms with E-state index in [4.69, 9.17) is 5.73 Å². The van der Waals surface area contributed by atoms with Crippen molar-refractivity contribution < 1.29 is 4.79 Å². The molecule has 2 rings (SSSR count). The van der Waals surface area contributed by atoms with E-state index in [-0.39, 0.29) is 17.9 Å². The fourth-order valence-electron chi connectivity index (χ4n) is 1.45. The van der Waals surface area contributed by atoms with Gasteiger partial charge in [0.2, 0.25) is 5.91 Å². The minimum atomic E-state index is 0.0228. The average molecular weight is 190 g/mol. The summed E-state index contributed by atoms with van der Waals surface area (Å²) in [4.78, 5) is 11.5. The zero-order chi connectivity index (χ0) is 10.1. The summed E-state index contributed by atoms with van der Waals surface area (Å²) in [5, 5.41) is 2.88. The number of nitrogens with one attached hydrogen (secondary N) is 1. The van der Waals surface area contributed by atoms with Crippen LogP contribution < -0.4 is 11.1 Å². The van der Waals surface area contributed by atoms with Gasteiger partial charge in [0.25, 0.3) is 0 Å². The minimum absolute atomic E-state index is 0.0228. The Labute approximate surface area is 83.3 Å².